The molecule has 1 aromatic rings. The molecule has 1 aromatic carbocycles. The van der Waals surface area contributed by atoms with Gasteiger partial charge in [0.15, 0.2) is 9.84 Å². The van der Waals surface area contributed by atoms with Crippen LogP contribution in [0.1, 0.15) is 17.9 Å². The fourth-order valence-electron chi connectivity index (χ4n) is 1.98. The molecule has 4 nitrogen and oxygen atoms in total. The van der Waals surface area contributed by atoms with Crippen LogP contribution in [0.4, 0.5) is 0 Å². The number of sulfone groups is 1. The summed E-state index contributed by atoms with van der Waals surface area (Å²) in [4.78, 5) is 0.291. The summed E-state index contributed by atoms with van der Waals surface area (Å²) >= 11 is 0. The maximum Gasteiger partial charge on any atom is 0.179 e. The minimum atomic E-state index is -3.22. The fourth-order valence-corrected chi connectivity index (χ4v) is 3.89. The van der Waals surface area contributed by atoms with Crippen LogP contribution in [0.5, 0.6) is 5.75 Å². The van der Waals surface area contributed by atoms with E-state index in [1.54, 1.807) is 0 Å². The molecular formula is C10H12O4S. The number of benzene rings is 1. The fraction of sp³-hybridized carbons (Fsp3) is 0.400. The molecule has 0 amide bonds. The van der Waals surface area contributed by atoms with E-state index in [0.29, 0.717) is 16.9 Å². The number of aliphatic hydroxyl groups is 1. The lowest BCUT2D eigenvalue weighted by molar-refractivity contribution is 0.279. The van der Waals surface area contributed by atoms with Gasteiger partial charge in [-0.05, 0) is 30.2 Å². The van der Waals surface area contributed by atoms with Crippen molar-refractivity contribution < 1.29 is 18.6 Å². The zero-order valence-electron chi connectivity index (χ0n) is 8.05. The molecule has 1 atom stereocenters. The van der Waals surface area contributed by atoms with Crippen LogP contribution in [-0.4, -0.2) is 31.0 Å². The Hall–Kier alpha value is -1.07. The molecule has 0 aromatic heterocycles. The lowest BCUT2D eigenvalue weighted by atomic mass is 9.98. The van der Waals surface area contributed by atoms with Crippen LogP contribution in [0.25, 0.3) is 0 Å². The van der Waals surface area contributed by atoms with Gasteiger partial charge in [0.1, 0.15) is 5.75 Å². The number of rotatable bonds is 2. The first-order valence-electron chi connectivity index (χ1n) is 4.71. The molecule has 15 heavy (non-hydrogen) atoms. The SMILES string of the molecule is O=S1(=O)CC(CCO)c2cc(O)ccc21. The van der Waals surface area contributed by atoms with Gasteiger partial charge < -0.3 is 10.2 Å². The first-order valence-corrected chi connectivity index (χ1v) is 6.36. The van der Waals surface area contributed by atoms with Gasteiger partial charge in [0.2, 0.25) is 0 Å². The van der Waals surface area contributed by atoms with E-state index in [9.17, 15) is 13.5 Å². The quantitative estimate of drug-likeness (QED) is 0.779. The largest absolute Gasteiger partial charge is 0.508 e. The number of fused-ring (bicyclic) bond motifs is 1. The average Bonchev–Trinajstić information content (AvgIpc) is 2.39. The predicted octanol–water partition coefficient (Wildman–Crippen LogP) is 0.645. The minimum absolute atomic E-state index is 0.0341. The monoisotopic (exact) mass is 228 g/mol. The molecule has 0 bridgehead atoms. The van der Waals surface area contributed by atoms with Crippen LogP contribution in [-0.2, 0) is 9.84 Å². The van der Waals surface area contributed by atoms with Crippen molar-refractivity contribution in [2.45, 2.75) is 17.2 Å². The van der Waals surface area contributed by atoms with Gasteiger partial charge in [-0.2, -0.15) is 0 Å². The highest BCUT2D eigenvalue weighted by molar-refractivity contribution is 7.91. The van der Waals surface area contributed by atoms with E-state index >= 15 is 0 Å². The summed E-state index contributed by atoms with van der Waals surface area (Å²) in [5.74, 6) is -0.0947. The van der Waals surface area contributed by atoms with Gasteiger partial charge in [0.25, 0.3) is 0 Å². The van der Waals surface area contributed by atoms with Crippen LogP contribution in [0.15, 0.2) is 23.1 Å². The summed E-state index contributed by atoms with van der Waals surface area (Å²) < 4.78 is 23.4. The number of phenolic OH excluding ortho intramolecular Hbond substituents is 1. The summed E-state index contributed by atoms with van der Waals surface area (Å²) in [6.07, 6.45) is 0.412. The number of hydrogen-bond acceptors (Lipinski definition) is 4. The van der Waals surface area contributed by atoms with Crippen molar-refractivity contribution in [1.82, 2.24) is 0 Å². The zero-order chi connectivity index (χ0) is 11.1. The second kappa shape index (κ2) is 3.50. The molecule has 0 radical (unpaired) electrons. The van der Waals surface area contributed by atoms with Crippen LogP contribution in [0.3, 0.4) is 0 Å². The molecule has 0 saturated carbocycles. The smallest absolute Gasteiger partial charge is 0.179 e. The van der Waals surface area contributed by atoms with Crippen molar-refractivity contribution in [3.05, 3.63) is 23.8 Å². The van der Waals surface area contributed by atoms with Crippen LogP contribution < -0.4 is 0 Å². The van der Waals surface area contributed by atoms with E-state index in [0.717, 1.165) is 0 Å². The van der Waals surface area contributed by atoms with Crippen LogP contribution >= 0.6 is 0 Å². The first kappa shape index (κ1) is 10.4. The topological polar surface area (TPSA) is 74.6 Å². The normalized spacial score (nSPS) is 22.6. The molecule has 2 rings (SSSR count). The molecule has 0 spiro atoms. The number of phenols is 1. The van der Waals surface area contributed by atoms with Gasteiger partial charge in [-0.3, -0.25) is 0 Å². The maximum absolute atomic E-state index is 11.7. The molecule has 0 fully saturated rings. The summed E-state index contributed by atoms with van der Waals surface area (Å²) in [6.45, 7) is -0.0463. The Labute approximate surface area is 88.1 Å². The predicted molar refractivity (Wildman–Crippen MR) is 54.6 cm³/mol. The van der Waals surface area contributed by atoms with E-state index in [2.05, 4.69) is 0 Å². The molecule has 1 heterocycles. The lowest BCUT2D eigenvalue weighted by Gasteiger charge is -2.07. The molecule has 2 N–H and O–H groups in total. The summed E-state index contributed by atoms with van der Waals surface area (Å²) in [6, 6.07) is 4.27. The number of aliphatic hydroxyl groups excluding tert-OH is 1. The van der Waals surface area contributed by atoms with Crippen LogP contribution in [0.2, 0.25) is 0 Å². The summed E-state index contributed by atoms with van der Waals surface area (Å²) in [7, 11) is -3.22. The summed E-state index contributed by atoms with van der Waals surface area (Å²) in [5, 5.41) is 18.1. The standard InChI is InChI=1S/C10H12O4S/c11-4-3-7-6-15(13,14)10-2-1-8(12)5-9(7)10/h1-2,5,7,11-12H,3-4,6H2. The Balaban J connectivity index is 2.53. The zero-order valence-corrected chi connectivity index (χ0v) is 8.87. The van der Waals surface area contributed by atoms with Crippen molar-refractivity contribution in [2.24, 2.45) is 0 Å². The van der Waals surface area contributed by atoms with Gasteiger partial charge in [0, 0.05) is 12.5 Å². The Morgan fingerprint density at radius 1 is 1.40 bits per heavy atom. The Kier molecular flexibility index (Phi) is 2.44. The van der Waals surface area contributed by atoms with E-state index in [-0.39, 0.29) is 24.0 Å². The number of hydrogen-bond donors (Lipinski definition) is 2. The van der Waals surface area contributed by atoms with E-state index < -0.39 is 9.84 Å². The Morgan fingerprint density at radius 3 is 2.80 bits per heavy atom. The highest BCUT2D eigenvalue weighted by Crippen LogP contribution is 2.38. The molecule has 1 aliphatic rings. The highest BCUT2D eigenvalue weighted by atomic mass is 32.2. The number of aromatic hydroxyl groups is 1. The second-order valence-corrected chi connectivity index (χ2v) is 5.72. The molecule has 82 valence electrons. The van der Waals surface area contributed by atoms with Gasteiger partial charge >= 0.3 is 0 Å². The molecule has 1 unspecified atom stereocenters. The third-order valence-corrected chi connectivity index (χ3v) is 4.55. The van der Waals surface area contributed by atoms with Gasteiger partial charge in [-0.1, -0.05) is 0 Å². The first-order chi connectivity index (χ1) is 7.04. The van der Waals surface area contributed by atoms with Gasteiger partial charge in [-0.15, -0.1) is 0 Å². The van der Waals surface area contributed by atoms with Crippen molar-refractivity contribution in [3.63, 3.8) is 0 Å². The molecule has 1 aliphatic heterocycles. The van der Waals surface area contributed by atoms with Crippen molar-refractivity contribution >= 4 is 9.84 Å². The summed E-state index contributed by atoms with van der Waals surface area (Å²) in [5.41, 5.74) is 0.629. The third kappa shape index (κ3) is 1.72. The third-order valence-electron chi connectivity index (χ3n) is 2.67. The van der Waals surface area contributed by atoms with Crippen molar-refractivity contribution in [3.8, 4) is 5.75 Å². The van der Waals surface area contributed by atoms with Gasteiger partial charge in [-0.25, -0.2) is 8.42 Å². The molecular weight excluding hydrogens is 216 g/mol. The Bertz CT molecular complexity index is 478. The van der Waals surface area contributed by atoms with Crippen molar-refractivity contribution in [1.29, 1.82) is 0 Å². The van der Waals surface area contributed by atoms with E-state index in [1.165, 1.54) is 18.2 Å². The minimum Gasteiger partial charge on any atom is -0.508 e. The van der Waals surface area contributed by atoms with Crippen molar-refractivity contribution in [2.75, 3.05) is 12.4 Å². The molecule has 5 heteroatoms. The highest BCUT2D eigenvalue weighted by Gasteiger charge is 2.34. The van der Waals surface area contributed by atoms with E-state index in [4.69, 9.17) is 5.11 Å². The average molecular weight is 228 g/mol. The molecule has 0 aliphatic carbocycles. The lowest BCUT2D eigenvalue weighted by Crippen LogP contribution is -2.05. The molecule has 0 saturated heterocycles. The van der Waals surface area contributed by atoms with Gasteiger partial charge in [0.05, 0.1) is 10.6 Å². The second-order valence-electron chi connectivity index (χ2n) is 3.71. The van der Waals surface area contributed by atoms with Crippen LogP contribution in [0, 0.1) is 0 Å². The van der Waals surface area contributed by atoms with E-state index in [1.807, 2.05) is 0 Å². The Morgan fingerprint density at radius 2 is 2.13 bits per heavy atom. The maximum atomic E-state index is 11.7.